The van der Waals surface area contributed by atoms with E-state index in [1.165, 1.54) is 0 Å². The fraction of sp³-hybridized carbons (Fsp3) is 0.312. The number of pyridine rings is 1. The van der Waals surface area contributed by atoms with E-state index in [9.17, 15) is 0 Å². The Bertz CT molecular complexity index is 569. The molecule has 1 heterocycles. The zero-order valence-corrected chi connectivity index (χ0v) is 12.1. The number of hydrogen-bond donors (Lipinski definition) is 2. The molecular weight excluding hydrogens is 250 g/mol. The second-order valence-electron chi connectivity index (χ2n) is 5.01. The van der Waals surface area contributed by atoms with Crippen LogP contribution in [0, 0.1) is 6.92 Å². The Labute approximate surface area is 120 Å². The van der Waals surface area contributed by atoms with E-state index < -0.39 is 0 Å². The summed E-state index contributed by atoms with van der Waals surface area (Å²) in [6, 6.07) is 13.6. The normalized spacial score (nSPS) is 12.4. The van der Waals surface area contributed by atoms with Crippen LogP contribution in [0.15, 0.2) is 42.5 Å². The second kappa shape index (κ2) is 6.50. The van der Waals surface area contributed by atoms with Crippen LogP contribution in [-0.4, -0.2) is 11.1 Å². The van der Waals surface area contributed by atoms with E-state index in [1.54, 1.807) is 0 Å². The molecule has 1 unspecified atom stereocenters. The molecule has 0 saturated heterocycles. The zero-order valence-electron chi connectivity index (χ0n) is 12.1. The number of nitrogens with one attached hydrogen (secondary N) is 1. The van der Waals surface area contributed by atoms with Crippen LogP contribution in [0.2, 0.25) is 0 Å². The van der Waals surface area contributed by atoms with Crippen molar-refractivity contribution in [3.05, 3.63) is 59.4 Å². The van der Waals surface area contributed by atoms with Gasteiger partial charge in [-0.3, -0.25) is 10.8 Å². The number of para-hydroxylation sites is 1. The van der Waals surface area contributed by atoms with Crippen molar-refractivity contribution in [2.45, 2.75) is 32.9 Å². The van der Waals surface area contributed by atoms with E-state index in [0.717, 1.165) is 22.7 Å². The Kier molecular flexibility index (Phi) is 4.71. The first-order chi connectivity index (χ1) is 9.61. The van der Waals surface area contributed by atoms with E-state index in [-0.39, 0.29) is 12.1 Å². The maximum absolute atomic E-state index is 5.86. The van der Waals surface area contributed by atoms with Crippen LogP contribution in [0.25, 0.3) is 0 Å². The average Bonchev–Trinajstić information content (AvgIpc) is 2.41. The lowest BCUT2D eigenvalue weighted by Crippen LogP contribution is -2.30. The quantitative estimate of drug-likeness (QED) is 0.648. The smallest absolute Gasteiger partial charge is 0.124 e. The highest BCUT2D eigenvalue weighted by molar-refractivity contribution is 5.40. The number of hydrogen-bond acceptors (Lipinski definition) is 4. The minimum atomic E-state index is -0.190. The molecule has 2 aromatic rings. The molecule has 106 valence electrons. The molecule has 0 aliphatic carbocycles. The standard InChI is InChI=1S/C16H21N3O/c1-11(2)20-15-10-5-4-8-13(15)16(19-17)14-9-6-7-12(3)18-14/h4-11,16,19H,17H2,1-3H3. The van der Waals surface area contributed by atoms with Gasteiger partial charge in [0.05, 0.1) is 17.8 Å². The first-order valence-corrected chi connectivity index (χ1v) is 6.77. The van der Waals surface area contributed by atoms with Gasteiger partial charge in [0, 0.05) is 11.3 Å². The highest BCUT2D eigenvalue weighted by Crippen LogP contribution is 2.29. The van der Waals surface area contributed by atoms with Gasteiger partial charge in [0.25, 0.3) is 0 Å². The molecule has 0 radical (unpaired) electrons. The summed E-state index contributed by atoms with van der Waals surface area (Å²) in [6.45, 7) is 5.98. The third-order valence-corrected chi connectivity index (χ3v) is 2.96. The van der Waals surface area contributed by atoms with Gasteiger partial charge in [0.2, 0.25) is 0 Å². The molecule has 3 N–H and O–H groups in total. The van der Waals surface area contributed by atoms with Crippen LogP contribution in [0.3, 0.4) is 0 Å². The fourth-order valence-electron chi connectivity index (χ4n) is 2.14. The SMILES string of the molecule is Cc1cccc(C(NN)c2ccccc2OC(C)C)n1. The van der Waals surface area contributed by atoms with Gasteiger partial charge in [-0.25, -0.2) is 5.43 Å². The summed E-state index contributed by atoms with van der Waals surface area (Å²) in [5.74, 6) is 6.57. The van der Waals surface area contributed by atoms with Gasteiger partial charge in [-0.15, -0.1) is 0 Å². The third-order valence-electron chi connectivity index (χ3n) is 2.96. The number of aryl methyl sites for hydroxylation is 1. The van der Waals surface area contributed by atoms with E-state index in [4.69, 9.17) is 10.6 Å². The molecule has 20 heavy (non-hydrogen) atoms. The van der Waals surface area contributed by atoms with Crippen molar-refractivity contribution < 1.29 is 4.74 Å². The molecule has 0 bridgehead atoms. The predicted octanol–water partition coefficient (Wildman–Crippen LogP) is 2.73. The van der Waals surface area contributed by atoms with Crippen molar-refractivity contribution in [2.24, 2.45) is 5.84 Å². The van der Waals surface area contributed by atoms with Crippen molar-refractivity contribution in [1.29, 1.82) is 0 Å². The van der Waals surface area contributed by atoms with Crippen LogP contribution in [-0.2, 0) is 0 Å². The molecule has 1 aromatic heterocycles. The number of nitrogens with zero attached hydrogens (tertiary/aromatic N) is 1. The van der Waals surface area contributed by atoms with E-state index in [2.05, 4.69) is 10.4 Å². The first-order valence-electron chi connectivity index (χ1n) is 6.77. The molecule has 0 amide bonds. The Hall–Kier alpha value is -1.91. The number of aromatic nitrogens is 1. The Morgan fingerprint density at radius 3 is 2.50 bits per heavy atom. The molecule has 4 heteroatoms. The minimum absolute atomic E-state index is 0.111. The minimum Gasteiger partial charge on any atom is -0.491 e. The van der Waals surface area contributed by atoms with Crippen molar-refractivity contribution in [3.63, 3.8) is 0 Å². The topological polar surface area (TPSA) is 60.2 Å². The highest BCUT2D eigenvalue weighted by atomic mass is 16.5. The van der Waals surface area contributed by atoms with Gasteiger partial charge in [0.15, 0.2) is 0 Å². The van der Waals surface area contributed by atoms with Crippen molar-refractivity contribution >= 4 is 0 Å². The molecule has 1 aromatic carbocycles. The maximum Gasteiger partial charge on any atom is 0.124 e. The largest absolute Gasteiger partial charge is 0.491 e. The predicted molar refractivity (Wildman–Crippen MR) is 80.3 cm³/mol. The number of hydrazine groups is 1. The Morgan fingerprint density at radius 2 is 1.85 bits per heavy atom. The van der Waals surface area contributed by atoms with Gasteiger partial charge in [-0.05, 0) is 39.0 Å². The van der Waals surface area contributed by atoms with E-state index in [0.29, 0.717) is 0 Å². The molecule has 4 nitrogen and oxygen atoms in total. The Balaban J connectivity index is 2.41. The van der Waals surface area contributed by atoms with Gasteiger partial charge < -0.3 is 4.74 Å². The summed E-state index contributed by atoms with van der Waals surface area (Å²) in [5, 5.41) is 0. The number of ether oxygens (including phenoxy) is 1. The van der Waals surface area contributed by atoms with Gasteiger partial charge in [-0.2, -0.15) is 0 Å². The number of nitrogens with two attached hydrogens (primary N) is 1. The maximum atomic E-state index is 5.86. The molecule has 0 aliphatic heterocycles. The van der Waals surface area contributed by atoms with Crippen LogP contribution < -0.4 is 16.0 Å². The summed E-state index contributed by atoms with van der Waals surface area (Å²) in [6.07, 6.45) is 0.111. The summed E-state index contributed by atoms with van der Waals surface area (Å²) < 4.78 is 5.86. The summed E-state index contributed by atoms with van der Waals surface area (Å²) in [4.78, 5) is 4.54. The first kappa shape index (κ1) is 14.5. The Morgan fingerprint density at radius 1 is 1.10 bits per heavy atom. The van der Waals surface area contributed by atoms with Gasteiger partial charge in [-0.1, -0.05) is 24.3 Å². The van der Waals surface area contributed by atoms with Crippen molar-refractivity contribution in [2.75, 3.05) is 0 Å². The van der Waals surface area contributed by atoms with Crippen molar-refractivity contribution in [3.8, 4) is 5.75 Å². The third kappa shape index (κ3) is 3.35. The second-order valence-corrected chi connectivity index (χ2v) is 5.01. The number of rotatable bonds is 5. The van der Waals surface area contributed by atoms with E-state index >= 15 is 0 Å². The fourth-order valence-corrected chi connectivity index (χ4v) is 2.14. The van der Waals surface area contributed by atoms with Crippen LogP contribution in [0.5, 0.6) is 5.75 Å². The summed E-state index contributed by atoms with van der Waals surface area (Å²) in [7, 11) is 0. The lowest BCUT2D eigenvalue weighted by Gasteiger charge is -2.21. The van der Waals surface area contributed by atoms with Gasteiger partial charge in [0.1, 0.15) is 5.75 Å². The molecule has 0 aliphatic rings. The van der Waals surface area contributed by atoms with E-state index in [1.807, 2.05) is 63.2 Å². The molecule has 0 fully saturated rings. The summed E-state index contributed by atoms with van der Waals surface area (Å²) >= 11 is 0. The van der Waals surface area contributed by atoms with Crippen molar-refractivity contribution in [1.82, 2.24) is 10.4 Å². The average molecular weight is 271 g/mol. The van der Waals surface area contributed by atoms with Crippen LogP contribution in [0.1, 0.15) is 36.8 Å². The monoisotopic (exact) mass is 271 g/mol. The summed E-state index contributed by atoms with van der Waals surface area (Å²) in [5.41, 5.74) is 5.67. The molecule has 0 saturated carbocycles. The zero-order chi connectivity index (χ0) is 14.5. The van der Waals surface area contributed by atoms with Gasteiger partial charge >= 0.3 is 0 Å². The molecule has 1 atom stereocenters. The molecule has 2 rings (SSSR count). The molecular formula is C16H21N3O. The number of benzene rings is 1. The highest BCUT2D eigenvalue weighted by Gasteiger charge is 2.18. The molecule has 0 spiro atoms. The lowest BCUT2D eigenvalue weighted by atomic mass is 10.0. The van der Waals surface area contributed by atoms with Crippen LogP contribution >= 0.6 is 0 Å². The lowest BCUT2D eigenvalue weighted by molar-refractivity contribution is 0.238. The van der Waals surface area contributed by atoms with Crippen LogP contribution in [0.4, 0.5) is 0 Å².